The fraction of sp³-hybridized carbons (Fsp3) is 0.235. The molecule has 2 rings (SSSR count). The summed E-state index contributed by atoms with van der Waals surface area (Å²) in [6, 6.07) is 10.6. The van der Waals surface area contributed by atoms with E-state index in [1.807, 2.05) is 19.1 Å². The molecule has 1 amide bonds. The van der Waals surface area contributed by atoms with E-state index in [2.05, 4.69) is 15.5 Å². The lowest BCUT2D eigenvalue weighted by molar-refractivity contribution is 0.0950. The van der Waals surface area contributed by atoms with E-state index < -0.39 is 0 Å². The van der Waals surface area contributed by atoms with Crippen molar-refractivity contribution in [3.8, 4) is 11.5 Å². The van der Waals surface area contributed by atoms with Crippen LogP contribution < -0.4 is 14.9 Å². The topological polar surface area (TPSA) is 72.8 Å². The number of nitrogens with zero attached hydrogens (tertiary/aromatic N) is 2. The Morgan fingerprint density at radius 2 is 1.96 bits per heavy atom. The van der Waals surface area contributed by atoms with Gasteiger partial charge < -0.3 is 9.47 Å². The quantitative estimate of drug-likeness (QED) is 0.657. The smallest absolute Gasteiger partial charge is 0.289 e. The van der Waals surface area contributed by atoms with E-state index in [1.165, 1.54) is 0 Å². The first-order valence-corrected chi connectivity index (χ1v) is 7.20. The molecule has 0 spiro atoms. The standard InChI is InChI=1S/C17H19N3O3/c1-4-13(12-8-9-15(22-2)16(11-12)23-3)19-20-17(21)14-7-5-6-10-18-14/h5-11H,4H2,1-3H3,(H,20,21)/b19-13+. The van der Waals surface area contributed by atoms with Gasteiger partial charge in [-0.2, -0.15) is 5.10 Å². The Hall–Kier alpha value is -2.89. The number of hydrazone groups is 1. The number of pyridine rings is 1. The number of rotatable bonds is 6. The van der Waals surface area contributed by atoms with E-state index in [-0.39, 0.29) is 5.91 Å². The van der Waals surface area contributed by atoms with E-state index in [0.29, 0.717) is 23.6 Å². The largest absolute Gasteiger partial charge is 0.493 e. The summed E-state index contributed by atoms with van der Waals surface area (Å²) in [5, 5.41) is 4.20. The van der Waals surface area contributed by atoms with Gasteiger partial charge in [0, 0.05) is 11.8 Å². The van der Waals surface area contributed by atoms with Crippen molar-refractivity contribution in [2.75, 3.05) is 14.2 Å². The summed E-state index contributed by atoms with van der Waals surface area (Å²) < 4.78 is 10.5. The lowest BCUT2D eigenvalue weighted by Gasteiger charge is -2.10. The molecule has 120 valence electrons. The van der Waals surface area contributed by atoms with Crippen molar-refractivity contribution in [2.24, 2.45) is 5.10 Å². The first-order valence-electron chi connectivity index (χ1n) is 7.20. The Kier molecular flexibility index (Phi) is 5.68. The van der Waals surface area contributed by atoms with Crippen LogP contribution in [0, 0.1) is 0 Å². The predicted octanol–water partition coefficient (Wildman–Crippen LogP) is 2.64. The minimum Gasteiger partial charge on any atom is -0.493 e. The summed E-state index contributed by atoms with van der Waals surface area (Å²) >= 11 is 0. The molecule has 0 saturated carbocycles. The first kappa shape index (κ1) is 16.5. The number of carbonyl (C=O) groups is 1. The van der Waals surface area contributed by atoms with Gasteiger partial charge in [-0.15, -0.1) is 0 Å². The molecule has 1 N–H and O–H groups in total. The molecular formula is C17H19N3O3. The number of methoxy groups -OCH3 is 2. The second-order valence-electron chi connectivity index (χ2n) is 4.64. The van der Waals surface area contributed by atoms with Gasteiger partial charge in [-0.05, 0) is 36.8 Å². The molecule has 0 aliphatic rings. The molecule has 1 aromatic carbocycles. The third-order valence-electron chi connectivity index (χ3n) is 3.24. The second kappa shape index (κ2) is 7.93. The number of ether oxygens (including phenoxy) is 2. The van der Waals surface area contributed by atoms with Gasteiger partial charge in [-0.25, -0.2) is 5.43 Å². The molecule has 0 unspecified atom stereocenters. The molecule has 0 aliphatic carbocycles. The molecule has 1 heterocycles. The van der Waals surface area contributed by atoms with Crippen molar-refractivity contribution in [1.29, 1.82) is 0 Å². The van der Waals surface area contributed by atoms with Crippen molar-refractivity contribution in [1.82, 2.24) is 10.4 Å². The Morgan fingerprint density at radius 1 is 1.17 bits per heavy atom. The van der Waals surface area contributed by atoms with E-state index in [4.69, 9.17) is 9.47 Å². The fourth-order valence-electron chi connectivity index (χ4n) is 2.04. The highest BCUT2D eigenvalue weighted by Gasteiger charge is 2.10. The Labute approximate surface area is 135 Å². The normalized spacial score (nSPS) is 11.0. The van der Waals surface area contributed by atoms with Crippen molar-refractivity contribution in [3.05, 3.63) is 53.9 Å². The zero-order valence-corrected chi connectivity index (χ0v) is 13.4. The van der Waals surface area contributed by atoms with Gasteiger partial charge in [-0.1, -0.05) is 13.0 Å². The molecular weight excluding hydrogens is 294 g/mol. The predicted molar refractivity (Wildman–Crippen MR) is 88.1 cm³/mol. The van der Waals surface area contributed by atoms with Crippen LogP contribution in [0.3, 0.4) is 0 Å². The van der Waals surface area contributed by atoms with Gasteiger partial charge in [0.1, 0.15) is 5.69 Å². The van der Waals surface area contributed by atoms with Gasteiger partial charge in [0.15, 0.2) is 11.5 Å². The summed E-state index contributed by atoms with van der Waals surface area (Å²) in [6.07, 6.45) is 2.21. The highest BCUT2D eigenvalue weighted by Crippen LogP contribution is 2.28. The van der Waals surface area contributed by atoms with Gasteiger partial charge in [-0.3, -0.25) is 9.78 Å². The van der Waals surface area contributed by atoms with Crippen LogP contribution in [-0.2, 0) is 0 Å². The van der Waals surface area contributed by atoms with Crippen LogP contribution in [0.15, 0.2) is 47.7 Å². The number of hydrogen-bond donors (Lipinski definition) is 1. The third kappa shape index (κ3) is 4.06. The van der Waals surface area contributed by atoms with Gasteiger partial charge in [0.05, 0.1) is 19.9 Å². The zero-order chi connectivity index (χ0) is 16.7. The van der Waals surface area contributed by atoms with E-state index in [9.17, 15) is 4.79 Å². The molecule has 0 fully saturated rings. The molecule has 0 saturated heterocycles. The Morgan fingerprint density at radius 3 is 2.57 bits per heavy atom. The van der Waals surface area contributed by atoms with E-state index in [0.717, 1.165) is 11.3 Å². The SMILES string of the molecule is CC/C(=N\NC(=O)c1ccccn1)c1ccc(OC)c(OC)c1. The molecule has 6 heteroatoms. The van der Waals surface area contributed by atoms with E-state index in [1.54, 1.807) is 44.7 Å². The lowest BCUT2D eigenvalue weighted by atomic mass is 10.1. The lowest BCUT2D eigenvalue weighted by Crippen LogP contribution is -2.21. The van der Waals surface area contributed by atoms with Crippen LogP contribution in [0.2, 0.25) is 0 Å². The van der Waals surface area contributed by atoms with Gasteiger partial charge in [0.25, 0.3) is 5.91 Å². The number of carbonyl (C=O) groups excluding carboxylic acids is 1. The number of nitrogens with one attached hydrogen (secondary N) is 1. The first-order chi connectivity index (χ1) is 11.2. The highest BCUT2D eigenvalue weighted by molar-refractivity contribution is 6.02. The monoisotopic (exact) mass is 313 g/mol. The summed E-state index contributed by atoms with van der Waals surface area (Å²) in [5.74, 6) is 0.906. The van der Waals surface area contributed by atoms with Crippen LogP contribution in [0.4, 0.5) is 0 Å². The molecule has 0 atom stereocenters. The molecule has 0 bridgehead atoms. The molecule has 0 radical (unpaired) electrons. The molecule has 23 heavy (non-hydrogen) atoms. The second-order valence-corrected chi connectivity index (χ2v) is 4.64. The summed E-state index contributed by atoms with van der Waals surface area (Å²) in [7, 11) is 3.16. The van der Waals surface area contributed by atoms with Crippen LogP contribution in [-0.4, -0.2) is 30.8 Å². The van der Waals surface area contributed by atoms with Crippen molar-refractivity contribution in [3.63, 3.8) is 0 Å². The van der Waals surface area contributed by atoms with Gasteiger partial charge >= 0.3 is 0 Å². The van der Waals surface area contributed by atoms with Crippen LogP contribution in [0.1, 0.15) is 29.4 Å². The van der Waals surface area contributed by atoms with Crippen molar-refractivity contribution < 1.29 is 14.3 Å². The maximum absolute atomic E-state index is 12.0. The Bertz CT molecular complexity index is 699. The number of aromatic nitrogens is 1. The highest BCUT2D eigenvalue weighted by atomic mass is 16.5. The maximum Gasteiger partial charge on any atom is 0.289 e. The summed E-state index contributed by atoms with van der Waals surface area (Å²) in [4.78, 5) is 16.0. The minimum absolute atomic E-state index is 0.319. The molecule has 6 nitrogen and oxygen atoms in total. The molecule has 0 aliphatic heterocycles. The fourth-order valence-corrected chi connectivity index (χ4v) is 2.04. The van der Waals surface area contributed by atoms with Crippen molar-refractivity contribution >= 4 is 11.6 Å². The summed E-state index contributed by atoms with van der Waals surface area (Å²) in [5.41, 5.74) is 4.43. The number of benzene rings is 1. The van der Waals surface area contributed by atoms with Crippen LogP contribution in [0.5, 0.6) is 11.5 Å². The Balaban J connectivity index is 2.20. The third-order valence-corrected chi connectivity index (χ3v) is 3.24. The average Bonchev–Trinajstić information content (AvgIpc) is 2.62. The zero-order valence-electron chi connectivity index (χ0n) is 13.4. The van der Waals surface area contributed by atoms with Crippen LogP contribution >= 0.6 is 0 Å². The molecule has 1 aromatic heterocycles. The van der Waals surface area contributed by atoms with Gasteiger partial charge in [0.2, 0.25) is 0 Å². The average molecular weight is 313 g/mol. The van der Waals surface area contributed by atoms with Crippen molar-refractivity contribution in [2.45, 2.75) is 13.3 Å². The molecule has 2 aromatic rings. The number of hydrogen-bond acceptors (Lipinski definition) is 5. The van der Waals surface area contributed by atoms with Crippen LogP contribution in [0.25, 0.3) is 0 Å². The maximum atomic E-state index is 12.0. The number of amides is 1. The minimum atomic E-state index is -0.350. The van der Waals surface area contributed by atoms with E-state index >= 15 is 0 Å². The summed E-state index contributed by atoms with van der Waals surface area (Å²) in [6.45, 7) is 1.96.